The van der Waals surface area contributed by atoms with Crippen molar-refractivity contribution in [1.82, 2.24) is 4.90 Å². The van der Waals surface area contributed by atoms with Crippen LogP contribution in [0.2, 0.25) is 0 Å². The Hall–Kier alpha value is -3.03. The first-order valence-electron chi connectivity index (χ1n) is 25.2. The Balaban J connectivity index is 1.69. The van der Waals surface area contributed by atoms with Gasteiger partial charge in [-0.15, -0.1) is 0 Å². The van der Waals surface area contributed by atoms with Crippen molar-refractivity contribution in [2.45, 2.75) is 181 Å². The number of cyclic esters (lactones) is 1. The predicted octanol–water partition coefficient (Wildman–Crippen LogP) is 9.35. The van der Waals surface area contributed by atoms with E-state index < -0.39 is 67.0 Å². The number of piperidine rings is 1. The van der Waals surface area contributed by atoms with Crippen molar-refractivity contribution >= 4 is 30.8 Å². The van der Waals surface area contributed by atoms with Gasteiger partial charge in [-0.2, -0.15) is 0 Å². The number of methoxy groups -OCH3 is 2. The zero-order valence-corrected chi connectivity index (χ0v) is 44.2. The topological polar surface area (TPSA) is 175 Å². The molecule has 3 fully saturated rings. The summed E-state index contributed by atoms with van der Waals surface area (Å²) in [4.78, 5) is 58.5. The van der Waals surface area contributed by atoms with Gasteiger partial charge in [0, 0.05) is 64.7 Å². The van der Waals surface area contributed by atoms with E-state index in [1.54, 1.807) is 47.5 Å². The van der Waals surface area contributed by atoms with Crippen LogP contribution in [0.5, 0.6) is 0 Å². The number of fused-ring (bicyclic) bond motifs is 3. The number of hydrogen-bond donors (Lipinski definition) is 2. The van der Waals surface area contributed by atoms with E-state index in [4.69, 9.17) is 23.5 Å². The van der Waals surface area contributed by atoms with Crippen LogP contribution in [0.1, 0.15) is 132 Å². The lowest BCUT2D eigenvalue weighted by atomic mass is 9.78. The molecule has 0 spiro atoms. The van der Waals surface area contributed by atoms with Crippen molar-refractivity contribution < 1.29 is 57.4 Å². The molecule has 0 unspecified atom stereocenters. The maximum absolute atomic E-state index is 14.5. The normalized spacial score (nSPS) is 39.4. The van der Waals surface area contributed by atoms with Gasteiger partial charge < -0.3 is 38.6 Å². The molecule has 13 nitrogen and oxygen atoms in total. The first kappa shape index (κ1) is 57.5. The Labute approximate surface area is 408 Å². The highest BCUT2D eigenvalue weighted by atomic mass is 31.2. The Kier molecular flexibility index (Phi) is 21.9. The first-order valence-corrected chi connectivity index (χ1v) is 27.8. The van der Waals surface area contributed by atoms with Crippen LogP contribution in [0, 0.1) is 41.4 Å². The number of Topliss-reactive ketones (excluding diaryl/α,β-unsaturated/α-hetero) is 2. The van der Waals surface area contributed by atoms with Crippen LogP contribution in [-0.4, -0.2) is 121 Å². The van der Waals surface area contributed by atoms with Gasteiger partial charge in [-0.3, -0.25) is 18.9 Å². The monoisotopic (exact) mass is 972 g/mol. The van der Waals surface area contributed by atoms with E-state index in [0.717, 1.165) is 24.0 Å². The zero-order valence-electron chi connectivity index (χ0n) is 43.3. The third-order valence-electron chi connectivity index (χ3n) is 15.2. The summed E-state index contributed by atoms with van der Waals surface area (Å²) in [6.45, 7) is 23.1. The molecule has 0 aromatic heterocycles. The fourth-order valence-electron chi connectivity index (χ4n) is 10.7. The maximum Gasteiger partial charge on any atom is 0.329 e. The van der Waals surface area contributed by atoms with E-state index in [1.165, 1.54) is 4.90 Å². The number of ether oxygens (including phenoxy) is 4. The molecule has 3 heterocycles. The number of amides is 1. The summed E-state index contributed by atoms with van der Waals surface area (Å²) >= 11 is 0. The molecule has 1 aliphatic carbocycles. The molecular formula is C54H86NO12P. The van der Waals surface area contributed by atoms with Crippen LogP contribution < -0.4 is 0 Å². The van der Waals surface area contributed by atoms with Crippen molar-refractivity contribution in [3.05, 3.63) is 59.8 Å². The van der Waals surface area contributed by atoms with Crippen molar-refractivity contribution in [3.63, 3.8) is 0 Å². The number of allylic oxidation sites excluding steroid dienone is 6. The second-order valence-corrected chi connectivity index (χ2v) is 23.9. The maximum atomic E-state index is 14.5. The van der Waals surface area contributed by atoms with Gasteiger partial charge in [0.25, 0.3) is 11.7 Å². The summed E-state index contributed by atoms with van der Waals surface area (Å²) < 4.78 is 42.7. The molecule has 3 aliphatic heterocycles. The van der Waals surface area contributed by atoms with Crippen LogP contribution in [0.4, 0.5) is 0 Å². The fourth-order valence-corrected chi connectivity index (χ4v) is 11.6. The average Bonchev–Trinajstić information content (AvgIpc) is 3.29. The molecule has 68 heavy (non-hydrogen) atoms. The molecule has 0 aromatic rings. The standard InChI is InChI=1S/C54H86NO12P/c1-33-19-15-14-16-20-34(2)47(63-10)31-43-24-22-39(7)54(61,66-43)51(58)52(59)55-26-18-17-21-44(55)53(60)65-48(37(5)29-42-23-25-46(49(30-42)64-11)67-68(12,13)62)32-45(56)36(4)28-38(6)50(57)41(9)40(8)35(3)27-33/h14-16,19-20,28,33,35-37,39,41-44,46-50,57,61H,8,17-18,21-27,29-32H2,1-7,9-13H3/b16-14+,19-15+,34-20+,38-28+/t33-,35-,36-,37-,39-,41+,42+,43+,44+,46-,47+,48+,49-,50-,54-/m1/s1. The molecule has 0 aromatic carbocycles. The van der Waals surface area contributed by atoms with Crippen molar-refractivity contribution in [3.8, 4) is 0 Å². The summed E-state index contributed by atoms with van der Waals surface area (Å²) in [5, 5.41) is 23.6. The zero-order chi connectivity index (χ0) is 50.7. The molecule has 2 bridgehead atoms. The predicted molar refractivity (Wildman–Crippen MR) is 266 cm³/mol. The largest absolute Gasteiger partial charge is 0.460 e. The number of carbonyl (C=O) groups is 4. The van der Waals surface area contributed by atoms with Gasteiger partial charge in [0.05, 0.1) is 30.5 Å². The van der Waals surface area contributed by atoms with Gasteiger partial charge in [-0.05, 0) is 113 Å². The molecule has 4 aliphatic rings. The molecule has 1 saturated carbocycles. The highest BCUT2D eigenvalue weighted by molar-refractivity contribution is 7.57. The fraction of sp³-hybridized carbons (Fsp3) is 0.741. The molecular weight excluding hydrogens is 886 g/mol. The number of carbonyl (C=O) groups excluding carboxylic acids is 4. The molecule has 2 N–H and O–H groups in total. The van der Waals surface area contributed by atoms with Gasteiger partial charge >= 0.3 is 5.97 Å². The van der Waals surface area contributed by atoms with Gasteiger partial charge in [0.15, 0.2) is 7.37 Å². The van der Waals surface area contributed by atoms with Gasteiger partial charge in [0.1, 0.15) is 17.9 Å². The Morgan fingerprint density at radius 2 is 1.60 bits per heavy atom. The van der Waals surface area contributed by atoms with Crippen LogP contribution >= 0.6 is 7.37 Å². The Morgan fingerprint density at radius 1 is 0.897 bits per heavy atom. The summed E-state index contributed by atoms with van der Waals surface area (Å²) in [5.41, 5.74) is 2.49. The molecule has 384 valence electrons. The van der Waals surface area contributed by atoms with Gasteiger partial charge in [-0.25, -0.2) is 4.79 Å². The van der Waals surface area contributed by atoms with Crippen LogP contribution in [0.3, 0.4) is 0 Å². The van der Waals surface area contributed by atoms with E-state index in [9.17, 15) is 34.0 Å². The van der Waals surface area contributed by atoms with Crippen LogP contribution in [0.15, 0.2) is 59.8 Å². The molecule has 0 radical (unpaired) electrons. The highest BCUT2D eigenvalue weighted by Gasteiger charge is 2.53. The second kappa shape index (κ2) is 25.9. The third-order valence-corrected chi connectivity index (χ3v) is 16.0. The number of hydrogen-bond acceptors (Lipinski definition) is 12. The molecule has 14 heteroatoms. The molecule has 2 saturated heterocycles. The number of esters is 1. The highest BCUT2D eigenvalue weighted by Crippen LogP contribution is 2.45. The average molecular weight is 972 g/mol. The SMILES string of the molecule is C=C1[C@H](C)C[C@H](C)/C=C/C=C/C=C(\C)[C@@H](OC)C[C@@H]2CC[C@@H](C)[C@@](O)(O2)C(=O)C(=O)N2CCCC[C@H]2C(=O)O[C@H]([C@H](C)C[C@@H]2CC[C@@H](OP(C)(C)=O)[C@H](OC)C2)CC(=O)[C@H](C)/C=C(\C)[C@@H](O)[C@H]1C. The summed E-state index contributed by atoms with van der Waals surface area (Å²) in [6.07, 6.45) is 14.5. The van der Waals surface area contributed by atoms with Gasteiger partial charge in [0.2, 0.25) is 5.79 Å². The lowest BCUT2D eigenvalue weighted by Gasteiger charge is -2.42. The quantitative estimate of drug-likeness (QED) is 0.107. The molecule has 15 atom stereocenters. The first-order chi connectivity index (χ1) is 31.9. The van der Waals surface area contributed by atoms with Crippen LogP contribution in [-0.2, 0) is 47.2 Å². The smallest absolute Gasteiger partial charge is 0.329 e. The Morgan fingerprint density at radius 3 is 2.26 bits per heavy atom. The summed E-state index contributed by atoms with van der Waals surface area (Å²) in [7, 11) is 0.450. The summed E-state index contributed by atoms with van der Waals surface area (Å²) in [5.74, 6) is -6.88. The van der Waals surface area contributed by atoms with Crippen molar-refractivity contribution in [2.24, 2.45) is 41.4 Å². The number of rotatable bonds is 7. The minimum absolute atomic E-state index is 0.105. The van der Waals surface area contributed by atoms with E-state index in [2.05, 4.69) is 26.5 Å². The van der Waals surface area contributed by atoms with E-state index in [0.29, 0.717) is 56.9 Å². The lowest BCUT2D eigenvalue weighted by molar-refractivity contribution is -0.265. The number of nitrogens with zero attached hydrogens (tertiary/aromatic N) is 1. The van der Waals surface area contributed by atoms with E-state index in [-0.39, 0.29) is 73.1 Å². The second-order valence-electron chi connectivity index (χ2n) is 21.2. The van der Waals surface area contributed by atoms with E-state index >= 15 is 0 Å². The Bertz CT molecular complexity index is 1920. The summed E-state index contributed by atoms with van der Waals surface area (Å²) in [6, 6.07) is -1.12. The number of aliphatic hydroxyl groups excluding tert-OH is 1. The molecule has 4 rings (SSSR count). The van der Waals surface area contributed by atoms with E-state index in [1.807, 2.05) is 52.0 Å². The number of aliphatic hydroxyl groups is 2. The van der Waals surface area contributed by atoms with Crippen molar-refractivity contribution in [2.75, 3.05) is 34.1 Å². The minimum atomic E-state index is -2.77. The number of ketones is 2. The van der Waals surface area contributed by atoms with Crippen molar-refractivity contribution in [1.29, 1.82) is 0 Å². The lowest BCUT2D eigenvalue weighted by Crippen LogP contribution is -2.61. The molecule has 1 amide bonds. The van der Waals surface area contributed by atoms with Gasteiger partial charge in [-0.1, -0.05) is 90.2 Å². The van der Waals surface area contributed by atoms with Crippen LogP contribution in [0.25, 0.3) is 0 Å². The third kappa shape index (κ3) is 15.7. The minimum Gasteiger partial charge on any atom is -0.460 e.